The number of hydrogen-bond acceptors (Lipinski definition) is 3. The summed E-state index contributed by atoms with van der Waals surface area (Å²) in [6.45, 7) is -0.356. The van der Waals surface area contributed by atoms with E-state index in [1.54, 1.807) is 24.3 Å². The summed E-state index contributed by atoms with van der Waals surface area (Å²) in [6, 6.07) is 6.39. The molecule has 1 fully saturated rings. The third kappa shape index (κ3) is 3.99. The number of amides is 1. The Bertz CT molecular complexity index is 858. The largest absolute Gasteiger partial charge is 0.484 e. The Labute approximate surface area is 162 Å². The van der Waals surface area contributed by atoms with Gasteiger partial charge in [0, 0.05) is 31.2 Å². The number of anilines is 1. The van der Waals surface area contributed by atoms with Crippen LogP contribution in [0.2, 0.25) is 5.02 Å². The van der Waals surface area contributed by atoms with Gasteiger partial charge in [-0.05, 0) is 24.3 Å². The van der Waals surface area contributed by atoms with Gasteiger partial charge in [-0.3, -0.25) is 4.79 Å². The number of hydrogen-bond donors (Lipinski definition) is 0. The highest BCUT2D eigenvalue weighted by molar-refractivity contribution is 6.30. The smallest absolute Gasteiger partial charge is 0.260 e. The van der Waals surface area contributed by atoms with Gasteiger partial charge < -0.3 is 14.5 Å². The van der Waals surface area contributed by atoms with E-state index in [1.807, 2.05) is 0 Å². The van der Waals surface area contributed by atoms with Crippen molar-refractivity contribution < 1.29 is 31.5 Å². The van der Waals surface area contributed by atoms with Crippen molar-refractivity contribution in [3.05, 3.63) is 58.4 Å². The molecule has 1 aliphatic heterocycles. The van der Waals surface area contributed by atoms with Crippen LogP contribution in [-0.4, -0.2) is 43.6 Å². The number of ether oxygens (including phenoxy) is 1. The Morgan fingerprint density at radius 3 is 1.89 bits per heavy atom. The van der Waals surface area contributed by atoms with Crippen molar-refractivity contribution in [2.75, 3.05) is 37.7 Å². The van der Waals surface area contributed by atoms with Crippen LogP contribution in [0.3, 0.4) is 0 Å². The first kappa shape index (κ1) is 20.2. The summed E-state index contributed by atoms with van der Waals surface area (Å²) in [7, 11) is 0. The molecule has 3 rings (SSSR count). The lowest BCUT2D eigenvalue weighted by Gasteiger charge is -2.36. The Balaban J connectivity index is 1.62. The summed E-state index contributed by atoms with van der Waals surface area (Å²) >= 11 is 5.75. The minimum absolute atomic E-state index is 0.0440. The van der Waals surface area contributed by atoms with Gasteiger partial charge in [-0.2, -0.15) is 0 Å². The highest BCUT2D eigenvalue weighted by atomic mass is 35.5. The van der Waals surface area contributed by atoms with E-state index in [0.29, 0.717) is 10.8 Å². The fourth-order valence-electron chi connectivity index (χ4n) is 2.82. The molecule has 1 heterocycles. The van der Waals surface area contributed by atoms with Crippen molar-refractivity contribution in [1.82, 2.24) is 4.90 Å². The first-order chi connectivity index (χ1) is 13.3. The molecule has 0 radical (unpaired) electrons. The van der Waals surface area contributed by atoms with E-state index in [4.69, 9.17) is 16.3 Å². The van der Waals surface area contributed by atoms with Crippen molar-refractivity contribution >= 4 is 23.2 Å². The average Bonchev–Trinajstić information content (AvgIpc) is 2.71. The zero-order valence-electron chi connectivity index (χ0n) is 14.3. The third-order valence-corrected chi connectivity index (χ3v) is 4.56. The fraction of sp³-hybridized carbons (Fsp3) is 0.278. The minimum atomic E-state index is -2.20. The number of carbonyl (C=O) groups excluding carboxylic acids is 1. The Hall–Kier alpha value is -2.55. The second-order valence-corrected chi connectivity index (χ2v) is 6.47. The lowest BCUT2D eigenvalue weighted by molar-refractivity contribution is -0.133. The predicted octanol–water partition coefficient (Wildman–Crippen LogP) is 3.76. The summed E-state index contributed by atoms with van der Waals surface area (Å²) in [5.74, 6) is -9.89. The summed E-state index contributed by atoms with van der Waals surface area (Å²) in [5, 5.41) is 0.517. The normalized spacial score (nSPS) is 14.4. The lowest BCUT2D eigenvalue weighted by Crippen LogP contribution is -2.50. The molecule has 10 heteroatoms. The molecule has 1 amide bonds. The monoisotopic (exact) mass is 420 g/mol. The van der Waals surface area contributed by atoms with Crippen LogP contribution in [-0.2, 0) is 4.79 Å². The molecular formula is C18H14ClF5N2O2. The Morgan fingerprint density at radius 2 is 1.36 bits per heavy atom. The van der Waals surface area contributed by atoms with Gasteiger partial charge in [0.2, 0.25) is 5.82 Å². The van der Waals surface area contributed by atoms with Gasteiger partial charge in [0.25, 0.3) is 5.91 Å². The van der Waals surface area contributed by atoms with Crippen LogP contribution in [0.15, 0.2) is 24.3 Å². The van der Waals surface area contributed by atoms with Gasteiger partial charge in [0.15, 0.2) is 29.9 Å². The molecule has 0 atom stereocenters. The zero-order chi connectivity index (χ0) is 20.4. The topological polar surface area (TPSA) is 32.8 Å². The maximum atomic E-state index is 13.9. The molecule has 0 N–H and O–H groups in total. The van der Waals surface area contributed by atoms with Crippen molar-refractivity contribution in [1.29, 1.82) is 0 Å². The maximum absolute atomic E-state index is 13.9. The highest BCUT2D eigenvalue weighted by Gasteiger charge is 2.31. The molecule has 0 spiro atoms. The molecule has 4 nitrogen and oxygen atoms in total. The standard InChI is InChI=1S/C18H14ClF5N2O2/c19-10-1-3-11(4-2-10)28-9-12(27)25-5-7-26(8-6-25)18-16(23)14(21)13(20)15(22)17(18)24/h1-4H,5-9H2. The third-order valence-electron chi connectivity index (χ3n) is 4.31. The van der Waals surface area contributed by atoms with Gasteiger partial charge in [0.1, 0.15) is 11.4 Å². The quantitative estimate of drug-likeness (QED) is 0.429. The second-order valence-electron chi connectivity index (χ2n) is 6.03. The molecule has 150 valence electrons. The highest BCUT2D eigenvalue weighted by Crippen LogP contribution is 2.30. The van der Waals surface area contributed by atoms with E-state index in [2.05, 4.69) is 0 Å². The van der Waals surface area contributed by atoms with Crippen LogP contribution < -0.4 is 9.64 Å². The molecule has 28 heavy (non-hydrogen) atoms. The molecule has 1 saturated heterocycles. The molecule has 2 aromatic rings. The van der Waals surface area contributed by atoms with E-state index in [1.165, 1.54) is 4.90 Å². The van der Waals surface area contributed by atoms with Gasteiger partial charge >= 0.3 is 0 Å². The minimum Gasteiger partial charge on any atom is -0.484 e. The van der Waals surface area contributed by atoms with E-state index >= 15 is 0 Å². The molecule has 0 aromatic heterocycles. The number of benzene rings is 2. The second kappa shape index (κ2) is 8.22. The molecular weight excluding hydrogens is 407 g/mol. The van der Waals surface area contributed by atoms with Crippen LogP contribution in [0.5, 0.6) is 5.75 Å². The number of rotatable bonds is 4. The molecule has 1 aliphatic rings. The van der Waals surface area contributed by atoms with Crippen LogP contribution in [0.4, 0.5) is 27.6 Å². The van der Waals surface area contributed by atoms with Gasteiger partial charge in [-0.15, -0.1) is 0 Å². The van der Waals surface area contributed by atoms with E-state index in [9.17, 15) is 26.7 Å². The first-order valence-electron chi connectivity index (χ1n) is 8.22. The number of piperazine rings is 1. The average molecular weight is 421 g/mol. The predicted molar refractivity (Wildman–Crippen MR) is 92.0 cm³/mol. The number of carbonyl (C=O) groups is 1. The van der Waals surface area contributed by atoms with Crippen molar-refractivity contribution in [2.45, 2.75) is 0 Å². The summed E-state index contributed by atoms with van der Waals surface area (Å²) < 4.78 is 73.1. The van der Waals surface area contributed by atoms with E-state index in [0.717, 1.165) is 4.90 Å². The van der Waals surface area contributed by atoms with E-state index in [-0.39, 0.29) is 38.7 Å². The number of nitrogens with zero attached hydrogens (tertiary/aromatic N) is 2. The Morgan fingerprint density at radius 1 is 0.857 bits per heavy atom. The van der Waals surface area contributed by atoms with Crippen molar-refractivity contribution in [3.8, 4) is 5.75 Å². The molecule has 0 aliphatic carbocycles. The summed E-state index contributed by atoms with van der Waals surface area (Å²) in [6.07, 6.45) is 0. The summed E-state index contributed by atoms with van der Waals surface area (Å²) in [4.78, 5) is 14.6. The first-order valence-corrected chi connectivity index (χ1v) is 8.60. The van der Waals surface area contributed by atoms with E-state index < -0.39 is 34.8 Å². The molecule has 0 unspecified atom stereocenters. The van der Waals surface area contributed by atoms with Crippen LogP contribution in [0.25, 0.3) is 0 Å². The van der Waals surface area contributed by atoms with Gasteiger partial charge in [0.05, 0.1) is 0 Å². The SMILES string of the molecule is O=C(COc1ccc(Cl)cc1)N1CCN(c2c(F)c(F)c(F)c(F)c2F)CC1. The molecule has 0 bridgehead atoms. The lowest BCUT2D eigenvalue weighted by atomic mass is 10.2. The fourth-order valence-corrected chi connectivity index (χ4v) is 2.94. The van der Waals surface area contributed by atoms with Gasteiger partial charge in [-0.1, -0.05) is 11.6 Å². The van der Waals surface area contributed by atoms with Crippen LogP contribution >= 0.6 is 11.6 Å². The number of halogens is 6. The van der Waals surface area contributed by atoms with Crippen LogP contribution in [0, 0.1) is 29.1 Å². The summed E-state index contributed by atoms with van der Waals surface area (Å²) in [5.41, 5.74) is -0.985. The molecule has 2 aromatic carbocycles. The van der Waals surface area contributed by atoms with Crippen molar-refractivity contribution in [3.63, 3.8) is 0 Å². The Kier molecular flexibility index (Phi) is 5.93. The zero-order valence-corrected chi connectivity index (χ0v) is 15.1. The molecule has 0 saturated carbocycles. The van der Waals surface area contributed by atoms with Crippen LogP contribution in [0.1, 0.15) is 0 Å². The maximum Gasteiger partial charge on any atom is 0.260 e. The van der Waals surface area contributed by atoms with Gasteiger partial charge in [-0.25, -0.2) is 22.0 Å². The van der Waals surface area contributed by atoms with Crippen molar-refractivity contribution in [2.24, 2.45) is 0 Å².